The van der Waals surface area contributed by atoms with Crippen molar-refractivity contribution in [3.63, 3.8) is 0 Å². The van der Waals surface area contributed by atoms with Gasteiger partial charge in [0.25, 0.3) is 6.47 Å². The molecule has 3 atom stereocenters. The molecule has 2 aromatic rings. The zero-order valence-electron chi connectivity index (χ0n) is 17.7. The van der Waals surface area contributed by atoms with Crippen LogP contribution in [0.4, 0.5) is 5.13 Å². The minimum atomic E-state index is -0.250. The van der Waals surface area contributed by atoms with Crippen molar-refractivity contribution < 1.29 is 14.7 Å². The maximum Gasteiger partial charge on any atom is 0.290 e. The Hall–Kier alpha value is -2.49. The largest absolute Gasteiger partial charge is 0.483 e. The van der Waals surface area contributed by atoms with E-state index in [0.717, 1.165) is 49.8 Å². The molecule has 4 aliphatic heterocycles. The number of carbonyl (C=O) groups excluding carboxylic acids is 1. The summed E-state index contributed by atoms with van der Waals surface area (Å²) in [7, 11) is 0. The van der Waals surface area contributed by atoms with Crippen LogP contribution in [0.5, 0.6) is 0 Å². The van der Waals surface area contributed by atoms with Crippen LogP contribution in [-0.4, -0.2) is 77.6 Å². The van der Waals surface area contributed by atoms with Gasteiger partial charge in [-0.05, 0) is 12.5 Å². The number of benzene rings is 1. The fourth-order valence-corrected chi connectivity index (χ4v) is 6.39. The van der Waals surface area contributed by atoms with Gasteiger partial charge in [-0.2, -0.15) is 0 Å². The first-order valence-electron chi connectivity index (χ1n) is 10.5. The van der Waals surface area contributed by atoms with Crippen molar-refractivity contribution in [2.24, 2.45) is 5.92 Å². The molecule has 166 valence electrons. The van der Waals surface area contributed by atoms with E-state index >= 15 is 0 Å². The molecule has 8 nitrogen and oxygen atoms in total. The van der Waals surface area contributed by atoms with Crippen LogP contribution in [0, 0.1) is 12.8 Å². The third-order valence-corrected chi connectivity index (χ3v) is 7.68. The van der Waals surface area contributed by atoms with E-state index in [1.165, 1.54) is 16.9 Å². The first-order chi connectivity index (χ1) is 14.9. The quantitative estimate of drug-likeness (QED) is 0.604. The van der Waals surface area contributed by atoms with Gasteiger partial charge < -0.3 is 26.0 Å². The van der Waals surface area contributed by atoms with Crippen LogP contribution in [0.3, 0.4) is 0 Å². The van der Waals surface area contributed by atoms with E-state index in [9.17, 15) is 4.79 Å². The second-order valence-corrected chi connectivity index (χ2v) is 9.76. The number of nitrogen functional groups attached to an aromatic ring is 1. The molecule has 0 spiro atoms. The van der Waals surface area contributed by atoms with Crippen LogP contribution < -0.4 is 11.1 Å². The van der Waals surface area contributed by atoms with Crippen LogP contribution >= 0.6 is 11.3 Å². The number of aryl methyl sites for hydroxylation is 1. The zero-order valence-corrected chi connectivity index (χ0v) is 18.5. The highest BCUT2D eigenvalue weighted by Gasteiger charge is 2.55. The molecule has 0 saturated carbocycles. The summed E-state index contributed by atoms with van der Waals surface area (Å²) >= 11 is 1.42. The number of nitrogens with two attached hydrogens (primary N) is 1. The van der Waals surface area contributed by atoms with Crippen molar-refractivity contribution >= 4 is 28.8 Å². The number of anilines is 1. The number of aromatic nitrogens is 1. The van der Waals surface area contributed by atoms with E-state index in [1.54, 1.807) is 0 Å². The predicted molar refractivity (Wildman–Crippen MR) is 120 cm³/mol. The lowest BCUT2D eigenvalue weighted by atomic mass is 9.64. The van der Waals surface area contributed by atoms with Crippen molar-refractivity contribution in [2.75, 3.05) is 45.0 Å². The first-order valence-corrected chi connectivity index (χ1v) is 11.4. The summed E-state index contributed by atoms with van der Waals surface area (Å²) in [4.78, 5) is 31.8. The average molecular weight is 444 g/mol. The van der Waals surface area contributed by atoms with Gasteiger partial charge in [0.2, 0.25) is 5.91 Å². The van der Waals surface area contributed by atoms with E-state index in [0.29, 0.717) is 17.5 Å². The van der Waals surface area contributed by atoms with Crippen molar-refractivity contribution in [3.05, 3.63) is 46.5 Å². The van der Waals surface area contributed by atoms with Crippen LogP contribution in [0.2, 0.25) is 0 Å². The number of nitrogens with one attached hydrogen (secondary N) is 1. The molecule has 0 radical (unpaired) electrons. The van der Waals surface area contributed by atoms with Gasteiger partial charge in [-0.15, -0.1) is 11.3 Å². The average Bonchev–Trinajstić information content (AvgIpc) is 2.89. The topological polar surface area (TPSA) is 112 Å². The minimum Gasteiger partial charge on any atom is -0.483 e. The van der Waals surface area contributed by atoms with E-state index in [-0.39, 0.29) is 23.8 Å². The number of carboxylic acid groups (broad SMARTS) is 1. The molecule has 6 rings (SSSR count). The number of rotatable bonds is 4. The smallest absolute Gasteiger partial charge is 0.290 e. The molecule has 1 aromatic carbocycles. The van der Waals surface area contributed by atoms with Gasteiger partial charge in [-0.1, -0.05) is 30.3 Å². The molecule has 1 aromatic heterocycles. The molecule has 3 unspecified atom stereocenters. The van der Waals surface area contributed by atoms with Crippen LogP contribution in [0.1, 0.15) is 16.1 Å². The highest BCUT2D eigenvalue weighted by atomic mass is 32.1. The molecule has 4 aliphatic rings. The SMILES string of the molecule is Cc1nc(N)sc1CC(=O)NC1C2CN3CCN(C2)CC1(c1ccccc1)C3.O=CO. The Bertz CT molecular complexity index is 918. The molecule has 5 heterocycles. The molecule has 0 aliphatic carbocycles. The second-order valence-electron chi connectivity index (χ2n) is 8.64. The van der Waals surface area contributed by atoms with E-state index in [2.05, 4.69) is 50.4 Å². The summed E-state index contributed by atoms with van der Waals surface area (Å²) in [6, 6.07) is 11.0. The lowest BCUT2D eigenvalue weighted by Gasteiger charge is -2.55. The Labute approximate surface area is 186 Å². The monoisotopic (exact) mass is 443 g/mol. The third-order valence-electron chi connectivity index (χ3n) is 6.69. The number of nitrogens with zero attached hydrogens (tertiary/aromatic N) is 3. The summed E-state index contributed by atoms with van der Waals surface area (Å²) in [5, 5.41) is 10.9. The first kappa shape index (κ1) is 21.7. The van der Waals surface area contributed by atoms with Crippen LogP contribution in [-0.2, 0) is 21.4 Å². The lowest BCUT2D eigenvalue weighted by Crippen LogP contribution is -2.70. The number of thiazole rings is 1. The van der Waals surface area contributed by atoms with Crippen molar-refractivity contribution in [1.29, 1.82) is 0 Å². The molecule has 4 fully saturated rings. The van der Waals surface area contributed by atoms with Crippen molar-refractivity contribution in [1.82, 2.24) is 20.1 Å². The molecular formula is C22H29N5O3S. The van der Waals surface area contributed by atoms with E-state index < -0.39 is 0 Å². The highest BCUT2D eigenvalue weighted by Crippen LogP contribution is 2.43. The zero-order chi connectivity index (χ0) is 22.0. The van der Waals surface area contributed by atoms with E-state index in [4.69, 9.17) is 15.6 Å². The van der Waals surface area contributed by atoms with Gasteiger partial charge in [0.15, 0.2) is 5.13 Å². The van der Waals surface area contributed by atoms with Crippen molar-refractivity contribution in [2.45, 2.75) is 24.8 Å². The fraction of sp³-hybridized carbons (Fsp3) is 0.500. The van der Waals surface area contributed by atoms with Gasteiger partial charge in [-0.25, -0.2) is 4.98 Å². The number of fused-ring (bicyclic) bond motifs is 1. The maximum absolute atomic E-state index is 13.0. The predicted octanol–water partition coefficient (Wildman–Crippen LogP) is 0.961. The molecule has 31 heavy (non-hydrogen) atoms. The van der Waals surface area contributed by atoms with Gasteiger partial charge >= 0.3 is 0 Å². The molecule has 4 bridgehead atoms. The molecule has 4 saturated heterocycles. The summed E-state index contributed by atoms with van der Waals surface area (Å²) in [6.07, 6.45) is 0.363. The maximum atomic E-state index is 13.0. The Kier molecular flexibility index (Phi) is 6.27. The fourth-order valence-electron chi connectivity index (χ4n) is 5.55. The summed E-state index contributed by atoms with van der Waals surface area (Å²) in [5.41, 5.74) is 7.99. The lowest BCUT2D eigenvalue weighted by molar-refractivity contribution is -0.124. The third kappa shape index (κ3) is 4.30. The second kappa shape index (κ2) is 8.94. The normalized spacial score (nSPS) is 30.7. The van der Waals surface area contributed by atoms with Crippen LogP contribution in [0.15, 0.2) is 30.3 Å². The molecule has 4 N–H and O–H groups in total. The van der Waals surface area contributed by atoms with Gasteiger partial charge in [0, 0.05) is 61.5 Å². The standard InChI is InChI=1S/C21H27N5OS.CH2O2/c1-14-17(28-20(22)23-14)9-18(27)24-19-15-10-25-7-8-26(11-15)13-21(19,12-25)16-5-3-2-4-6-16;2-1-3/h2-6,15,19H,7-13H2,1H3,(H2,22,23)(H,24,27);1H,(H,2,3). The number of amides is 1. The van der Waals surface area contributed by atoms with Gasteiger partial charge in [-0.3, -0.25) is 9.59 Å². The summed E-state index contributed by atoms with van der Waals surface area (Å²) in [6.45, 7) is 8.11. The van der Waals surface area contributed by atoms with Crippen molar-refractivity contribution in [3.8, 4) is 0 Å². The number of hydrogen-bond donors (Lipinski definition) is 3. The molecule has 9 heteroatoms. The number of hydrogen-bond acceptors (Lipinski definition) is 7. The molecular weight excluding hydrogens is 414 g/mol. The minimum absolute atomic E-state index is 0.0453. The van der Waals surface area contributed by atoms with E-state index in [1.807, 2.05) is 6.92 Å². The Morgan fingerprint density at radius 1 is 1.29 bits per heavy atom. The Morgan fingerprint density at radius 2 is 1.90 bits per heavy atom. The Morgan fingerprint density at radius 3 is 2.45 bits per heavy atom. The summed E-state index contributed by atoms with van der Waals surface area (Å²) in [5.74, 6) is 0.546. The summed E-state index contributed by atoms with van der Waals surface area (Å²) < 4.78 is 0. The van der Waals surface area contributed by atoms with Crippen LogP contribution in [0.25, 0.3) is 0 Å². The Balaban J connectivity index is 0.000000730. The van der Waals surface area contributed by atoms with Gasteiger partial charge in [0.1, 0.15) is 0 Å². The number of carbonyl (C=O) groups is 2. The molecule has 1 amide bonds. The highest BCUT2D eigenvalue weighted by molar-refractivity contribution is 7.15. The number of piperidine rings is 2. The van der Waals surface area contributed by atoms with Gasteiger partial charge in [0.05, 0.1) is 12.1 Å².